The predicted octanol–water partition coefficient (Wildman–Crippen LogP) is 4.26. The first-order valence-electron chi connectivity index (χ1n) is 12.2. The van der Waals surface area contributed by atoms with E-state index in [4.69, 9.17) is 9.97 Å². The number of nitrogens with one attached hydrogen (secondary N) is 1. The first-order valence-corrected chi connectivity index (χ1v) is 12.2. The molecule has 0 unspecified atom stereocenters. The summed E-state index contributed by atoms with van der Waals surface area (Å²) < 4.78 is 0. The summed E-state index contributed by atoms with van der Waals surface area (Å²) in [6, 6.07) is 20.2. The Morgan fingerprint density at radius 2 is 1.59 bits per heavy atom. The van der Waals surface area contributed by atoms with Gasteiger partial charge in [-0.25, -0.2) is 9.97 Å². The van der Waals surface area contributed by atoms with E-state index in [0.717, 1.165) is 57.4 Å². The van der Waals surface area contributed by atoms with Crippen molar-refractivity contribution in [2.45, 2.75) is 38.5 Å². The number of hydrogen-bond donors (Lipinski definition) is 1. The molecule has 1 aliphatic heterocycles. The fourth-order valence-corrected chi connectivity index (χ4v) is 4.36. The number of fused-ring (bicyclic) bond motifs is 1. The summed E-state index contributed by atoms with van der Waals surface area (Å²) in [6.07, 6.45) is 4.27. The minimum Gasteiger partial charge on any atom is -0.368 e. The third-order valence-electron chi connectivity index (χ3n) is 6.27. The number of aromatic nitrogens is 2. The van der Waals surface area contributed by atoms with Gasteiger partial charge in [-0.2, -0.15) is 5.26 Å². The Labute approximate surface area is 201 Å². The van der Waals surface area contributed by atoms with E-state index in [1.807, 2.05) is 42.5 Å². The van der Waals surface area contributed by atoms with Gasteiger partial charge in [-0.05, 0) is 30.7 Å². The average Bonchev–Trinajstić information content (AvgIpc) is 2.89. The summed E-state index contributed by atoms with van der Waals surface area (Å²) in [5.41, 5.74) is 3.10. The number of carbonyl (C=O) groups excluding carboxylic acids is 1. The summed E-state index contributed by atoms with van der Waals surface area (Å²) in [4.78, 5) is 27.1. The molecule has 0 radical (unpaired) electrons. The zero-order valence-corrected chi connectivity index (χ0v) is 19.8. The molecule has 7 nitrogen and oxygen atoms in total. The van der Waals surface area contributed by atoms with Crippen LogP contribution >= 0.6 is 0 Å². The van der Waals surface area contributed by atoms with E-state index in [9.17, 15) is 10.1 Å². The lowest BCUT2D eigenvalue weighted by Gasteiger charge is -2.37. The number of para-hydroxylation sites is 3. The van der Waals surface area contributed by atoms with Crippen LogP contribution in [0.1, 0.15) is 44.2 Å². The normalized spacial score (nSPS) is 14.6. The average molecular weight is 457 g/mol. The molecule has 34 heavy (non-hydrogen) atoms. The third kappa shape index (κ3) is 5.45. The van der Waals surface area contributed by atoms with Crippen molar-refractivity contribution in [1.29, 1.82) is 5.26 Å². The largest absolute Gasteiger partial charge is 0.368 e. The Morgan fingerprint density at radius 1 is 0.941 bits per heavy atom. The van der Waals surface area contributed by atoms with Gasteiger partial charge < -0.3 is 15.1 Å². The maximum absolute atomic E-state index is 13.0. The Morgan fingerprint density at radius 3 is 2.26 bits per heavy atom. The van der Waals surface area contributed by atoms with Crippen LogP contribution < -0.4 is 15.1 Å². The highest BCUT2D eigenvalue weighted by atomic mass is 16.1. The lowest BCUT2D eigenvalue weighted by molar-refractivity contribution is -0.121. The van der Waals surface area contributed by atoms with Crippen LogP contribution in [0.4, 0.5) is 11.5 Å². The second-order valence-electron chi connectivity index (χ2n) is 8.64. The number of rotatable bonds is 9. The van der Waals surface area contributed by atoms with E-state index >= 15 is 0 Å². The summed E-state index contributed by atoms with van der Waals surface area (Å²) in [5.74, 6) is -0.655. The number of piperazine rings is 1. The van der Waals surface area contributed by atoms with Gasteiger partial charge in [-0.3, -0.25) is 4.79 Å². The second-order valence-corrected chi connectivity index (χ2v) is 8.64. The molecule has 1 amide bonds. The number of carbonyl (C=O) groups is 1. The molecule has 0 aliphatic carbocycles. The molecule has 4 rings (SSSR count). The zero-order valence-electron chi connectivity index (χ0n) is 19.8. The number of anilines is 2. The second kappa shape index (κ2) is 11.5. The number of nitrogens with zero attached hydrogens (tertiary/aromatic N) is 5. The highest BCUT2D eigenvalue weighted by Gasteiger charge is 2.30. The van der Waals surface area contributed by atoms with Gasteiger partial charge in [-0.1, -0.05) is 56.5 Å². The monoisotopic (exact) mass is 456 g/mol. The molecule has 1 aromatic heterocycles. The van der Waals surface area contributed by atoms with Crippen LogP contribution in [-0.2, 0) is 4.79 Å². The number of hydrogen-bond acceptors (Lipinski definition) is 6. The van der Waals surface area contributed by atoms with Crippen molar-refractivity contribution < 1.29 is 4.79 Å². The maximum atomic E-state index is 13.0. The first kappa shape index (κ1) is 23.5. The van der Waals surface area contributed by atoms with E-state index in [1.165, 1.54) is 5.69 Å². The van der Waals surface area contributed by atoms with Crippen LogP contribution in [0.5, 0.6) is 0 Å². The predicted molar refractivity (Wildman–Crippen MR) is 136 cm³/mol. The van der Waals surface area contributed by atoms with Crippen LogP contribution in [0.15, 0.2) is 54.6 Å². The molecule has 0 saturated carbocycles. The standard InChI is InChI=1S/C27H32N6O/c1-2-3-4-10-15-29-27(34)22(20-28)25-26(31-24-14-9-8-13-23(24)30-25)33-18-16-32(17-19-33)21-11-6-5-7-12-21/h5-9,11-14,22H,2-4,10,15-19H2,1H3,(H,29,34)/t22-/m1/s1. The van der Waals surface area contributed by atoms with Crippen molar-refractivity contribution in [1.82, 2.24) is 15.3 Å². The fraction of sp³-hybridized carbons (Fsp3) is 0.407. The van der Waals surface area contributed by atoms with Crippen molar-refractivity contribution in [2.75, 3.05) is 42.5 Å². The summed E-state index contributed by atoms with van der Waals surface area (Å²) in [5, 5.41) is 12.9. The Hall–Kier alpha value is -3.66. The zero-order chi connectivity index (χ0) is 23.8. The first-order chi connectivity index (χ1) is 16.7. The Kier molecular flexibility index (Phi) is 7.92. The van der Waals surface area contributed by atoms with Crippen LogP contribution in [0.2, 0.25) is 0 Å². The van der Waals surface area contributed by atoms with Gasteiger partial charge in [0.15, 0.2) is 11.7 Å². The van der Waals surface area contributed by atoms with Crippen molar-refractivity contribution in [3.05, 3.63) is 60.3 Å². The SMILES string of the molecule is CCCCCCNC(=O)[C@H](C#N)c1nc2ccccc2nc1N1CCN(c2ccccc2)CC1. The van der Waals surface area contributed by atoms with Crippen LogP contribution in [-0.4, -0.2) is 48.6 Å². The highest BCUT2D eigenvalue weighted by Crippen LogP contribution is 2.29. The van der Waals surface area contributed by atoms with Crippen molar-refractivity contribution in [3.8, 4) is 6.07 Å². The Balaban J connectivity index is 1.56. The van der Waals surface area contributed by atoms with Crippen LogP contribution in [0.3, 0.4) is 0 Å². The number of benzene rings is 2. The fourth-order valence-electron chi connectivity index (χ4n) is 4.36. The molecule has 7 heteroatoms. The Bertz CT molecular complexity index is 1130. The molecule has 3 aromatic rings. The van der Waals surface area contributed by atoms with E-state index < -0.39 is 5.92 Å². The number of unbranched alkanes of at least 4 members (excludes halogenated alkanes) is 3. The molecule has 1 N–H and O–H groups in total. The summed E-state index contributed by atoms with van der Waals surface area (Å²) in [7, 11) is 0. The van der Waals surface area contributed by atoms with E-state index in [2.05, 4.69) is 40.2 Å². The van der Waals surface area contributed by atoms with Gasteiger partial charge in [-0.15, -0.1) is 0 Å². The molecular formula is C27H32N6O. The van der Waals surface area contributed by atoms with Crippen molar-refractivity contribution >= 4 is 28.4 Å². The highest BCUT2D eigenvalue weighted by molar-refractivity contribution is 5.88. The molecule has 176 valence electrons. The maximum Gasteiger partial charge on any atom is 0.243 e. The molecule has 1 atom stereocenters. The number of nitriles is 1. The summed E-state index contributed by atoms with van der Waals surface area (Å²) in [6.45, 7) is 5.88. The molecule has 1 fully saturated rings. The molecule has 0 bridgehead atoms. The van der Waals surface area contributed by atoms with Gasteiger partial charge in [0.2, 0.25) is 5.91 Å². The minimum absolute atomic E-state index is 0.298. The molecule has 2 aromatic carbocycles. The molecule has 0 spiro atoms. The third-order valence-corrected chi connectivity index (χ3v) is 6.27. The molecule has 2 heterocycles. The van der Waals surface area contributed by atoms with E-state index in [1.54, 1.807) is 0 Å². The van der Waals surface area contributed by atoms with Crippen molar-refractivity contribution in [3.63, 3.8) is 0 Å². The smallest absolute Gasteiger partial charge is 0.243 e. The van der Waals surface area contributed by atoms with Crippen LogP contribution in [0, 0.1) is 11.3 Å². The van der Waals surface area contributed by atoms with E-state index in [0.29, 0.717) is 23.6 Å². The quantitative estimate of drug-likeness (QED) is 0.484. The van der Waals surface area contributed by atoms with E-state index in [-0.39, 0.29) is 5.91 Å². The lowest BCUT2D eigenvalue weighted by atomic mass is 10.0. The molecule has 1 saturated heterocycles. The minimum atomic E-state index is -0.995. The topological polar surface area (TPSA) is 85.1 Å². The van der Waals surface area contributed by atoms with Gasteiger partial charge >= 0.3 is 0 Å². The molecular weight excluding hydrogens is 424 g/mol. The lowest BCUT2D eigenvalue weighted by Crippen LogP contribution is -2.47. The van der Waals surface area contributed by atoms with Gasteiger partial charge in [0, 0.05) is 38.4 Å². The molecule has 1 aliphatic rings. The summed E-state index contributed by atoms with van der Waals surface area (Å²) >= 11 is 0. The van der Waals surface area contributed by atoms with Crippen LogP contribution in [0.25, 0.3) is 11.0 Å². The van der Waals surface area contributed by atoms with Gasteiger partial charge in [0.25, 0.3) is 0 Å². The van der Waals surface area contributed by atoms with Gasteiger partial charge in [0.05, 0.1) is 17.1 Å². The van der Waals surface area contributed by atoms with Gasteiger partial charge in [0.1, 0.15) is 5.69 Å². The van der Waals surface area contributed by atoms with Crippen molar-refractivity contribution in [2.24, 2.45) is 0 Å². The number of amides is 1.